The Morgan fingerprint density at radius 1 is 0.917 bits per heavy atom. The Labute approximate surface area is 210 Å². The van der Waals surface area contributed by atoms with Crippen molar-refractivity contribution in [1.82, 2.24) is 19.9 Å². The van der Waals surface area contributed by atoms with E-state index in [1.807, 2.05) is 97.9 Å². The molecule has 5 rings (SSSR count). The third-order valence-electron chi connectivity index (χ3n) is 5.92. The number of benzene rings is 3. The van der Waals surface area contributed by atoms with E-state index in [1.54, 1.807) is 23.0 Å². The lowest BCUT2D eigenvalue weighted by Crippen LogP contribution is -2.24. The van der Waals surface area contributed by atoms with Crippen LogP contribution in [0.2, 0.25) is 0 Å². The van der Waals surface area contributed by atoms with E-state index in [9.17, 15) is 4.79 Å². The van der Waals surface area contributed by atoms with E-state index < -0.39 is 0 Å². The first-order valence-electron chi connectivity index (χ1n) is 11.7. The minimum absolute atomic E-state index is 0.231. The molecule has 5 aromatic rings. The SMILES string of the molecule is CN(C)c1ccc(CNC(=O)c2ccn3ncc(-c4ccc(OCc5ccccc5)cc4)c3n2)cc1. The second-order valence-electron chi connectivity index (χ2n) is 8.68. The minimum Gasteiger partial charge on any atom is -0.489 e. The van der Waals surface area contributed by atoms with Crippen molar-refractivity contribution < 1.29 is 9.53 Å². The number of carbonyl (C=O) groups excluding carboxylic acids is 1. The van der Waals surface area contributed by atoms with Crippen molar-refractivity contribution in [2.75, 3.05) is 19.0 Å². The van der Waals surface area contributed by atoms with E-state index in [0.29, 0.717) is 24.5 Å². The van der Waals surface area contributed by atoms with Crippen LogP contribution in [-0.2, 0) is 13.2 Å². The normalized spacial score (nSPS) is 10.8. The number of rotatable bonds is 8. The number of ether oxygens (including phenoxy) is 1. The first kappa shape index (κ1) is 23.1. The lowest BCUT2D eigenvalue weighted by molar-refractivity contribution is 0.0946. The fraction of sp³-hybridized carbons (Fsp3) is 0.138. The van der Waals surface area contributed by atoms with Crippen LogP contribution >= 0.6 is 0 Å². The molecule has 2 aromatic heterocycles. The number of nitrogens with one attached hydrogen (secondary N) is 1. The van der Waals surface area contributed by atoms with Gasteiger partial charge in [-0.05, 0) is 47.0 Å². The lowest BCUT2D eigenvalue weighted by Gasteiger charge is -2.13. The molecule has 7 nitrogen and oxygen atoms in total. The van der Waals surface area contributed by atoms with E-state index in [4.69, 9.17) is 4.74 Å². The zero-order valence-corrected chi connectivity index (χ0v) is 20.3. The van der Waals surface area contributed by atoms with Crippen LogP contribution in [0.1, 0.15) is 21.6 Å². The van der Waals surface area contributed by atoms with Crippen molar-refractivity contribution >= 4 is 17.2 Å². The third-order valence-corrected chi connectivity index (χ3v) is 5.92. The fourth-order valence-corrected chi connectivity index (χ4v) is 3.86. The van der Waals surface area contributed by atoms with Crippen molar-refractivity contribution in [2.24, 2.45) is 0 Å². The number of amides is 1. The Morgan fingerprint density at radius 2 is 1.67 bits per heavy atom. The van der Waals surface area contributed by atoms with E-state index in [-0.39, 0.29) is 5.91 Å². The van der Waals surface area contributed by atoms with Gasteiger partial charge >= 0.3 is 0 Å². The molecule has 7 heteroatoms. The summed E-state index contributed by atoms with van der Waals surface area (Å²) in [7, 11) is 3.99. The van der Waals surface area contributed by atoms with Crippen LogP contribution in [0.3, 0.4) is 0 Å². The van der Waals surface area contributed by atoms with Crippen LogP contribution in [-0.4, -0.2) is 34.6 Å². The zero-order valence-electron chi connectivity index (χ0n) is 20.3. The standard InChI is InChI=1S/C29H27N5O2/c1-33(2)24-12-8-21(9-13-24)18-30-29(35)27-16-17-34-28(32-27)26(19-31-34)23-10-14-25(15-11-23)36-20-22-6-4-3-5-7-22/h3-17,19H,18,20H2,1-2H3,(H,30,35). The number of hydrogen-bond donors (Lipinski definition) is 1. The number of fused-ring (bicyclic) bond motifs is 1. The first-order chi connectivity index (χ1) is 17.6. The first-order valence-corrected chi connectivity index (χ1v) is 11.7. The fourth-order valence-electron chi connectivity index (χ4n) is 3.86. The van der Waals surface area contributed by atoms with Gasteiger partial charge in [0.1, 0.15) is 18.1 Å². The summed E-state index contributed by atoms with van der Waals surface area (Å²) in [6.07, 6.45) is 3.51. The van der Waals surface area contributed by atoms with Gasteiger partial charge in [0.15, 0.2) is 5.65 Å². The van der Waals surface area contributed by atoms with Crippen molar-refractivity contribution in [3.8, 4) is 16.9 Å². The van der Waals surface area contributed by atoms with Crippen molar-refractivity contribution in [1.29, 1.82) is 0 Å². The van der Waals surface area contributed by atoms with Crippen LogP contribution < -0.4 is 15.0 Å². The summed E-state index contributed by atoms with van der Waals surface area (Å²) in [4.78, 5) is 19.5. The summed E-state index contributed by atoms with van der Waals surface area (Å²) in [5, 5.41) is 7.35. The van der Waals surface area contributed by atoms with Crippen LogP contribution in [0, 0.1) is 0 Å². The average Bonchev–Trinajstić information content (AvgIpc) is 3.35. The molecule has 36 heavy (non-hydrogen) atoms. The molecule has 1 amide bonds. The smallest absolute Gasteiger partial charge is 0.270 e. The van der Waals surface area contributed by atoms with Crippen molar-refractivity contribution in [3.63, 3.8) is 0 Å². The molecule has 0 atom stereocenters. The quantitative estimate of drug-likeness (QED) is 0.342. The molecule has 0 unspecified atom stereocenters. The largest absolute Gasteiger partial charge is 0.489 e. The number of hydrogen-bond acceptors (Lipinski definition) is 5. The maximum Gasteiger partial charge on any atom is 0.270 e. The molecule has 0 radical (unpaired) electrons. The summed E-state index contributed by atoms with van der Waals surface area (Å²) >= 11 is 0. The predicted octanol–water partition coefficient (Wildman–Crippen LogP) is 4.97. The molecule has 0 spiro atoms. The van der Waals surface area contributed by atoms with Gasteiger partial charge in [0, 0.05) is 38.1 Å². The van der Waals surface area contributed by atoms with Gasteiger partial charge in [0.25, 0.3) is 5.91 Å². The predicted molar refractivity (Wildman–Crippen MR) is 141 cm³/mol. The van der Waals surface area contributed by atoms with Crippen molar-refractivity contribution in [3.05, 3.63) is 114 Å². The molecule has 0 aliphatic rings. The molecule has 1 N–H and O–H groups in total. The summed E-state index contributed by atoms with van der Waals surface area (Å²) in [5.41, 5.74) is 6.01. The minimum atomic E-state index is -0.231. The van der Waals surface area contributed by atoms with E-state index >= 15 is 0 Å². The van der Waals surface area contributed by atoms with Crippen LogP contribution in [0.15, 0.2) is 97.3 Å². The molecule has 3 aromatic carbocycles. The Kier molecular flexibility index (Phi) is 6.62. The van der Waals surface area contributed by atoms with Gasteiger partial charge in [0.2, 0.25) is 0 Å². The number of nitrogens with zero attached hydrogens (tertiary/aromatic N) is 4. The Bertz CT molecular complexity index is 1460. The highest BCUT2D eigenvalue weighted by molar-refractivity contribution is 5.93. The third kappa shape index (κ3) is 5.20. The maximum absolute atomic E-state index is 12.8. The summed E-state index contributed by atoms with van der Waals surface area (Å²) < 4.78 is 7.56. The molecule has 0 fully saturated rings. The molecule has 0 saturated heterocycles. The Balaban J connectivity index is 1.28. The van der Waals surface area contributed by atoms with Gasteiger partial charge < -0.3 is 15.0 Å². The molecule has 0 aliphatic heterocycles. The topological polar surface area (TPSA) is 71.8 Å². The molecule has 0 saturated carbocycles. The zero-order chi connectivity index (χ0) is 24.9. The summed E-state index contributed by atoms with van der Waals surface area (Å²) in [6, 6.07) is 27.6. The van der Waals surface area contributed by atoms with Crippen LogP contribution in [0.5, 0.6) is 5.75 Å². The van der Waals surface area contributed by atoms with Gasteiger partial charge in [-0.3, -0.25) is 4.79 Å². The molecular formula is C29H27N5O2. The summed E-state index contributed by atoms with van der Waals surface area (Å²) in [5.74, 6) is 0.553. The highest BCUT2D eigenvalue weighted by Crippen LogP contribution is 2.26. The number of carbonyl (C=O) groups is 1. The van der Waals surface area contributed by atoms with Crippen molar-refractivity contribution in [2.45, 2.75) is 13.2 Å². The Hall–Kier alpha value is -4.65. The molecule has 0 bridgehead atoms. The van der Waals surface area contributed by atoms with E-state index in [1.165, 1.54) is 0 Å². The second kappa shape index (κ2) is 10.3. The van der Waals surface area contributed by atoms with E-state index in [2.05, 4.69) is 15.4 Å². The molecular weight excluding hydrogens is 450 g/mol. The second-order valence-corrected chi connectivity index (χ2v) is 8.68. The highest BCUT2D eigenvalue weighted by atomic mass is 16.5. The monoisotopic (exact) mass is 477 g/mol. The highest BCUT2D eigenvalue weighted by Gasteiger charge is 2.13. The molecule has 0 aliphatic carbocycles. The van der Waals surface area contributed by atoms with Gasteiger partial charge in [-0.25, -0.2) is 9.50 Å². The summed E-state index contributed by atoms with van der Waals surface area (Å²) in [6.45, 7) is 0.937. The average molecular weight is 478 g/mol. The van der Waals surface area contributed by atoms with Gasteiger partial charge in [0.05, 0.1) is 6.20 Å². The molecule has 2 heterocycles. The van der Waals surface area contributed by atoms with Crippen LogP contribution in [0.4, 0.5) is 5.69 Å². The van der Waals surface area contributed by atoms with Crippen LogP contribution in [0.25, 0.3) is 16.8 Å². The maximum atomic E-state index is 12.8. The van der Waals surface area contributed by atoms with Gasteiger partial charge in [-0.1, -0.05) is 54.6 Å². The Morgan fingerprint density at radius 3 is 2.39 bits per heavy atom. The lowest BCUT2D eigenvalue weighted by atomic mass is 10.1. The number of anilines is 1. The number of aromatic nitrogens is 3. The van der Waals surface area contributed by atoms with Gasteiger partial charge in [-0.2, -0.15) is 5.10 Å². The molecule has 180 valence electrons. The van der Waals surface area contributed by atoms with Gasteiger partial charge in [-0.15, -0.1) is 0 Å². The van der Waals surface area contributed by atoms with E-state index in [0.717, 1.165) is 33.7 Å².